The average molecular weight is 231 g/mol. The third-order valence-corrected chi connectivity index (χ3v) is 2.29. The maximum atomic E-state index is 11.3. The number of hydrogen-bond donors (Lipinski definition) is 1. The number of rotatable bonds is 5. The Morgan fingerprint density at radius 2 is 1.94 bits per heavy atom. The molecule has 0 amide bonds. The molecule has 0 radical (unpaired) electrons. The van der Waals surface area contributed by atoms with Crippen LogP contribution in [0.4, 0.5) is 0 Å². The van der Waals surface area contributed by atoms with Gasteiger partial charge >= 0.3 is 11.9 Å². The number of carbonyl (C=O) groups is 2. The molecule has 0 bridgehead atoms. The molecule has 16 heavy (non-hydrogen) atoms. The number of carboxylic acid groups (broad SMARTS) is 1. The molecule has 0 aromatic rings. The van der Waals surface area contributed by atoms with Crippen LogP contribution in [0.15, 0.2) is 5.18 Å². The standard InChI is InChI=1S/C9H13NO6/c11-7(12)1-2-8(13)16-9(10-14)3-5-15-6-4-9/h1-6H2,(H,11,12). The normalized spacial score (nSPS) is 18.8. The van der Waals surface area contributed by atoms with Crippen molar-refractivity contribution in [2.75, 3.05) is 13.2 Å². The Balaban J connectivity index is 2.45. The summed E-state index contributed by atoms with van der Waals surface area (Å²) in [5.41, 5.74) is -1.37. The monoisotopic (exact) mass is 231 g/mol. The van der Waals surface area contributed by atoms with Crippen LogP contribution >= 0.6 is 0 Å². The van der Waals surface area contributed by atoms with Gasteiger partial charge in [-0.25, -0.2) is 0 Å². The van der Waals surface area contributed by atoms with Crippen LogP contribution in [-0.4, -0.2) is 36.0 Å². The van der Waals surface area contributed by atoms with Crippen molar-refractivity contribution in [3.8, 4) is 0 Å². The third kappa shape index (κ3) is 3.58. The molecule has 7 nitrogen and oxygen atoms in total. The van der Waals surface area contributed by atoms with E-state index in [4.69, 9.17) is 14.6 Å². The van der Waals surface area contributed by atoms with Gasteiger partial charge in [-0.3, -0.25) is 9.59 Å². The molecule has 0 unspecified atom stereocenters. The summed E-state index contributed by atoms with van der Waals surface area (Å²) in [7, 11) is 0. The molecule has 1 fully saturated rings. The van der Waals surface area contributed by atoms with Crippen molar-refractivity contribution < 1.29 is 24.2 Å². The molecular weight excluding hydrogens is 218 g/mol. The minimum absolute atomic E-state index is 0.218. The molecule has 90 valence electrons. The highest BCUT2D eigenvalue weighted by Gasteiger charge is 2.38. The van der Waals surface area contributed by atoms with E-state index in [-0.39, 0.29) is 25.7 Å². The van der Waals surface area contributed by atoms with E-state index in [2.05, 4.69) is 5.18 Å². The van der Waals surface area contributed by atoms with Crippen LogP contribution in [0.2, 0.25) is 0 Å². The predicted molar refractivity (Wildman–Crippen MR) is 51.5 cm³/mol. The summed E-state index contributed by atoms with van der Waals surface area (Å²) in [4.78, 5) is 32.1. The largest absolute Gasteiger partial charge is 0.481 e. The van der Waals surface area contributed by atoms with Crippen LogP contribution in [-0.2, 0) is 19.1 Å². The topological polar surface area (TPSA) is 102 Å². The molecular formula is C9H13NO6. The second-order valence-corrected chi connectivity index (χ2v) is 3.52. The van der Waals surface area contributed by atoms with Gasteiger partial charge in [0.2, 0.25) is 5.72 Å². The van der Waals surface area contributed by atoms with E-state index in [1.807, 2.05) is 0 Å². The molecule has 0 atom stereocenters. The second-order valence-electron chi connectivity index (χ2n) is 3.52. The highest BCUT2D eigenvalue weighted by Crippen LogP contribution is 2.27. The van der Waals surface area contributed by atoms with E-state index in [1.165, 1.54) is 0 Å². The third-order valence-electron chi connectivity index (χ3n) is 2.29. The number of carboxylic acids is 1. The van der Waals surface area contributed by atoms with E-state index in [9.17, 15) is 14.5 Å². The van der Waals surface area contributed by atoms with Crippen LogP contribution in [0.25, 0.3) is 0 Å². The maximum Gasteiger partial charge on any atom is 0.308 e. The molecule has 7 heteroatoms. The fourth-order valence-corrected chi connectivity index (χ4v) is 1.37. The number of hydrogen-bond acceptors (Lipinski definition) is 6. The first kappa shape index (κ1) is 12.6. The zero-order chi connectivity index (χ0) is 12.0. The van der Waals surface area contributed by atoms with Crippen LogP contribution in [0.3, 0.4) is 0 Å². The summed E-state index contributed by atoms with van der Waals surface area (Å²) in [6.07, 6.45) is -0.137. The molecule has 0 aromatic carbocycles. The number of ether oxygens (including phenoxy) is 2. The van der Waals surface area contributed by atoms with Crippen LogP contribution < -0.4 is 0 Å². The van der Waals surface area contributed by atoms with Crippen LogP contribution in [0, 0.1) is 4.91 Å². The minimum atomic E-state index is -1.37. The van der Waals surface area contributed by atoms with Gasteiger partial charge in [-0.15, -0.1) is 4.91 Å². The molecule has 1 N–H and O–H groups in total. The molecule has 0 saturated carbocycles. The Labute approximate surface area is 91.7 Å². The Morgan fingerprint density at radius 1 is 1.31 bits per heavy atom. The number of nitroso groups, excluding NO2 is 1. The number of nitrogens with zero attached hydrogens (tertiary/aromatic N) is 1. The van der Waals surface area contributed by atoms with Crippen molar-refractivity contribution in [2.45, 2.75) is 31.4 Å². The van der Waals surface area contributed by atoms with Gasteiger partial charge in [0, 0.05) is 12.8 Å². The molecule has 1 aliphatic rings. The van der Waals surface area contributed by atoms with Gasteiger partial charge in [0.05, 0.1) is 26.1 Å². The zero-order valence-electron chi connectivity index (χ0n) is 8.68. The van der Waals surface area contributed by atoms with Crippen molar-refractivity contribution in [1.82, 2.24) is 0 Å². The Bertz CT molecular complexity index is 284. The van der Waals surface area contributed by atoms with Gasteiger partial charge in [0.1, 0.15) is 0 Å². The lowest BCUT2D eigenvalue weighted by molar-refractivity contribution is -0.169. The maximum absolute atomic E-state index is 11.3. The highest BCUT2D eigenvalue weighted by atomic mass is 16.6. The smallest absolute Gasteiger partial charge is 0.308 e. The summed E-state index contributed by atoms with van der Waals surface area (Å²) in [6.45, 7) is 0.607. The van der Waals surface area contributed by atoms with E-state index in [0.29, 0.717) is 13.2 Å². The Kier molecular flexibility index (Phi) is 4.36. The van der Waals surface area contributed by atoms with Gasteiger partial charge in [-0.05, 0) is 5.18 Å². The second kappa shape index (κ2) is 5.55. The number of carbonyl (C=O) groups excluding carboxylic acids is 1. The summed E-state index contributed by atoms with van der Waals surface area (Å²) in [5.74, 6) is -1.80. The summed E-state index contributed by atoms with van der Waals surface area (Å²) < 4.78 is 9.94. The molecule has 0 aromatic heterocycles. The lowest BCUT2D eigenvalue weighted by atomic mass is 10.1. The van der Waals surface area contributed by atoms with Gasteiger partial charge in [0.25, 0.3) is 0 Å². The van der Waals surface area contributed by atoms with Crippen molar-refractivity contribution >= 4 is 11.9 Å². The zero-order valence-corrected chi connectivity index (χ0v) is 8.68. The van der Waals surface area contributed by atoms with Crippen molar-refractivity contribution in [2.24, 2.45) is 5.18 Å². The highest BCUT2D eigenvalue weighted by molar-refractivity contribution is 5.76. The first-order chi connectivity index (χ1) is 7.58. The fraction of sp³-hybridized carbons (Fsp3) is 0.778. The minimum Gasteiger partial charge on any atom is -0.481 e. The van der Waals surface area contributed by atoms with Gasteiger partial charge in [-0.1, -0.05) is 0 Å². The molecule has 1 aliphatic heterocycles. The molecule has 1 saturated heterocycles. The van der Waals surface area contributed by atoms with Gasteiger partial charge in [0.15, 0.2) is 0 Å². The lowest BCUT2D eigenvalue weighted by Crippen LogP contribution is -2.38. The molecule has 1 heterocycles. The number of esters is 1. The average Bonchev–Trinajstić information content (AvgIpc) is 2.28. The van der Waals surface area contributed by atoms with Crippen LogP contribution in [0.5, 0.6) is 0 Å². The van der Waals surface area contributed by atoms with E-state index in [1.54, 1.807) is 0 Å². The number of aliphatic carboxylic acids is 1. The van der Waals surface area contributed by atoms with Crippen molar-refractivity contribution in [3.63, 3.8) is 0 Å². The van der Waals surface area contributed by atoms with Crippen molar-refractivity contribution in [3.05, 3.63) is 4.91 Å². The summed E-state index contributed by atoms with van der Waals surface area (Å²) in [5, 5.41) is 11.2. The molecule has 1 rings (SSSR count). The van der Waals surface area contributed by atoms with Crippen LogP contribution in [0.1, 0.15) is 25.7 Å². The Morgan fingerprint density at radius 3 is 2.44 bits per heavy atom. The van der Waals surface area contributed by atoms with E-state index >= 15 is 0 Å². The Hall–Kier alpha value is -1.50. The fourth-order valence-electron chi connectivity index (χ4n) is 1.37. The summed E-state index contributed by atoms with van der Waals surface area (Å²) in [6, 6.07) is 0. The molecule has 0 aliphatic carbocycles. The SMILES string of the molecule is O=NC1(OC(=O)CCC(=O)O)CCOCC1. The van der Waals surface area contributed by atoms with Gasteiger partial charge in [-0.2, -0.15) is 0 Å². The van der Waals surface area contributed by atoms with Crippen molar-refractivity contribution in [1.29, 1.82) is 0 Å². The first-order valence-corrected chi connectivity index (χ1v) is 4.94. The van der Waals surface area contributed by atoms with E-state index in [0.717, 1.165) is 0 Å². The quantitative estimate of drug-likeness (QED) is 0.551. The predicted octanol–water partition coefficient (Wildman–Crippen LogP) is 0.667. The first-order valence-electron chi connectivity index (χ1n) is 4.94. The van der Waals surface area contributed by atoms with E-state index < -0.39 is 17.7 Å². The molecule has 0 spiro atoms. The van der Waals surface area contributed by atoms with Gasteiger partial charge < -0.3 is 14.6 Å². The summed E-state index contributed by atoms with van der Waals surface area (Å²) >= 11 is 0. The lowest BCUT2D eigenvalue weighted by Gasteiger charge is -2.29.